The van der Waals surface area contributed by atoms with Crippen LogP contribution in [0.5, 0.6) is 0 Å². The molecule has 0 radical (unpaired) electrons. The number of aromatic nitrogens is 3. The lowest BCUT2D eigenvalue weighted by molar-refractivity contribution is -0.156. The highest BCUT2D eigenvalue weighted by molar-refractivity contribution is 5.91. The topological polar surface area (TPSA) is 195 Å². The van der Waals surface area contributed by atoms with Crippen molar-refractivity contribution in [2.24, 2.45) is 0 Å². The minimum absolute atomic E-state index is 0.00104. The van der Waals surface area contributed by atoms with Crippen LogP contribution in [-0.4, -0.2) is 70.3 Å². The van der Waals surface area contributed by atoms with Gasteiger partial charge in [-0.1, -0.05) is 80.4 Å². The van der Waals surface area contributed by atoms with Crippen molar-refractivity contribution in [1.29, 1.82) is 0 Å². The molecule has 332 valence electrons. The first-order valence-corrected chi connectivity index (χ1v) is 21.5. The third-order valence-electron chi connectivity index (χ3n) is 10.3. The molecule has 1 aromatic carbocycles. The first-order valence-electron chi connectivity index (χ1n) is 21.5. The van der Waals surface area contributed by atoms with E-state index in [2.05, 4.69) is 32.2 Å². The number of pyridine rings is 2. The molecule has 2 amide bonds. The molecule has 0 saturated heterocycles. The van der Waals surface area contributed by atoms with Crippen LogP contribution in [0, 0.1) is 13.8 Å². The van der Waals surface area contributed by atoms with Gasteiger partial charge in [-0.05, 0) is 81.8 Å². The second-order valence-electron chi connectivity index (χ2n) is 15.0. The molecule has 0 aliphatic heterocycles. The SMILES string of the molecule is CC(=O)OCC(CCCC(=O)NCCCCCCCCCCCC(=O)Nc1ccccc1C(Nc1ccccn1)C(Cc1c(C)noc1C)c1ccccn1)OC(C)=O.CO. The summed E-state index contributed by atoms with van der Waals surface area (Å²) in [7, 11) is 1.00. The summed E-state index contributed by atoms with van der Waals surface area (Å²) >= 11 is 0. The van der Waals surface area contributed by atoms with Gasteiger partial charge in [0.05, 0.1) is 11.7 Å². The lowest BCUT2D eigenvalue weighted by Crippen LogP contribution is -2.26. The van der Waals surface area contributed by atoms with Crippen LogP contribution < -0.4 is 16.0 Å². The number of hydrogen-bond donors (Lipinski definition) is 4. The fraction of sp³-hybridized carbons (Fsp3) is 0.511. The molecule has 4 rings (SSSR count). The fourth-order valence-electron chi connectivity index (χ4n) is 7.17. The van der Waals surface area contributed by atoms with E-state index in [4.69, 9.17) is 24.1 Å². The van der Waals surface area contributed by atoms with E-state index in [-0.39, 0.29) is 30.4 Å². The minimum atomic E-state index is -0.540. The highest BCUT2D eigenvalue weighted by atomic mass is 16.6. The number of rotatable bonds is 27. The number of benzene rings is 1. The Morgan fingerprint density at radius 1 is 0.738 bits per heavy atom. The summed E-state index contributed by atoms with van der Waals surface area (Å²) in [5, 5.41) is 21.1. The summed E-state index contributed by atoms with van der Waals surface area (Å²) in [6.45, 7) is 7.14. The van der Waals surface area contributed by atoms with Crippen LogP contribution in [0.25, 0.3) is 0 Å². The number of para-hydroxylation sites is 1. The number of carbonyl (C=O) groups is 4. The van der Waals surface area contributed by atoms with Gasteiger partial charge in [-0.2, -0.15) is 0 Å². The molecule has 3 atom stereocenters. The van der Waals surface area contributed by atoms with Crippen molar-refractivity contribution in [3.05, 3.63) is 101 Å². The van der Waals surface area contributed by atoms with Gasteiger partial charge in [-0.3, -0.25) is 24.2 Å². The van der Waals surface area contributed by atoms with Crippen molar-refractivity contribution in [2.45, 2.75) is 136 Å². The number of aliphatic hydroxyl groups excluding tert-OH is 1. The molecule has 4 N–H and O–H groups in total. The molecule has 61 heavy (non-hydrogen) atoms. The number of hydrogen-bond acceptors (Lipinski definition) is 12. The average molecular weight is 843 g/mol. The normalized spacial score (nSPS) is 12.2. The molecule has 14 heteroatoms. The monoisotopic (exact) mass is 842 g/mol. The Hall–Kier alpha value is -5.63. The van der Waals surface area contributed by atoms with Crippen LogP contribution >= 0.6 is 0 Å². The van der Waals surface area contributed by atoms with Crippen molar-refractivity contribution in [2.75, 3.05) is 30.9 Å². The van der Waals surface area contributed by atoms with Crippen molar-refractivity contribution >= 4 is 35.3 Å². The Kier molecular flexibility index (Phi) is 23.5. The molecule has 4 aromatic rings. The minimum Gasteiger partial charge on any atom is -0.462 e. The van der Waals surface area contributed by atoms with Gasteiger partial charge in [0.2, 0.25) is 11.8 Å². The number of esters is 2. The first kappa shape index (κ1) is 49.7. The maximum atomic E-state index is 13.4. The number of anilines is 2. The molecule has 0 saturated carbocycles. The Labute approximate surface area is 361 Å². The van der Waals surface area contributed by atoms with Gasteiger partial charge in [0.25, 0.3) is 0 Å². The third-order valence-corrected chi connectivity index (χ3v) is 10.3. The molecule has 0 bridgehead atoms. The quantitative estimate of drug-likeness (QED) is 0.0331. The largest absolute Gasteiger partial charge is 0.462 e. The molecule has 3 heterocycles. The highest BCUT2D eigenvalue weighted by Crippen LogP contribution is 2.39. The van der Waals surface area contributed by atoms with Gasteiger partial charge in [-0.25, -0.2) is 4.98 Å². The molecular formula is C47H66N6O8. The Morgan fingerprint density at radius 2 is 1.38 bits per heavy atom. The third kappa shape index (κ3) is 19.1. The Balaban J connectivity index is 0.00000489. The standard InChI is InChI=1S/C46H62N6O7.CH4O/c1-33-39(34(2)59-52-33)31-40(41-23-15-18-28-47-41)46(51-43-25-16-19-29-48-43)38-22-13-14-24-42(38)50-45(56)26-12-10-8-6-5-7-9-11-17-30-49-44(55)27-20-21-37(58-36(4)54)32-57-35(3)53;1-2/h13-16,18-19,22-25,28-29,37,40,46H,5-12,17,20-21,26-27,30-32H2,1-4H3,(H,48,51)(H,49,55)(H,50,56);2H,1H3. The zero-order valence-electron chi connectivity index (χ0n) is 36.6. The van der Waals surface area contributed by atoms with E-state index in [0.29, 0.717) is 38.6 Å². The van der Waals surface area contributed by atoms with Crippen LogP contribution in [0.1, 0.15) is 138 Å². The van der Waals surface area contributed by atoms with Crippen LogP contribution in [0.2, 0.25) is 0 Å². The highest BCUT2D eigenvalue weighted by Gasteiger charge is 2.31. The van der Waals surface area contributed by atoms with Gasteiger partial charge in [0, 0.05) is 75.6 Å². The molecule has 3 aromatic heterocycles. The average Bonchev–Trinajstić information content (AvgIpc) is 3.58. The van der Waals surface area contributed by atoms with Crippen molar-refractivity contribution < 1.29 is 38.3 Å². The fourth-order valence-corrected chi connectivity index (χ4v) is 7.17. The second kappa shape index (κ2) is 28.8. The number of nitrogens with one attached hydrogen (secondary N) is 3. The summed E-state index contributed by atoms with van der Waals surface area (Å²) in [4.78, 5) is 57.3. The van der Waals surface area contributed by atoms with Gasteiger partial charge in [0.1, 0.15) is 24.3 Å². The van der Waals surface area contributed by atoms with Gasteiger partial charge in [-0.15, -0.1) is 0 Å². The second-order valence-corrected chi connectivity index (χ2v) is 15.0. The molecule has 0 aliphatic carbocycles. The zero-order valence-corrected chi connectivity index (χ0v) is 36.6. The van der Waals surface area contributed by atoms with E-state index in [1.807, 2.05) is 68.4 Å². The predicted molar refractivity (Wildman–Crippen MR) is 236 cm³/mol. The summed E-state index contributed by atoms with van der Waals surface area (Å²) in [6.07, 6.45) is 14.8. The number of nitrogens with zero attached hydrogens (tertiary/aromatic N) is 3. The zero-order chi connectivity index (χ0) is 44.2. The molecule has 3 unspecified atom stereocenters. The molecule has 0 fully saturated rings. The van der Waals surface area contributed by atoms with E-state index in [1.54, 1.807) is 12.4 Å². The van der Waals surface area contributed by atoms with Crippen LogP contribution in [0.15, 0.2) is 77.6 Å². The summed E-state index contributed by atoms with van der Waals surface area (Å²) in [5.74, 6) is 0.436. The summed E-state index contributed by atoms with van der Waals surface area (Å²) < 4.78 is 15.7. The van der Waals surface area contributed by atoms with E-state index in [1.165, 1.54) is 13.8 Å². The van der Waals surface area contributed by atoms with Crippen molar-refractivity contribution in [1.82, 2.24) is 20.4 Å². The van der Waals surface area contributed by atoms with Gasteiger partial charge < -0.3 is 35.1 Å². The number of ether oxygens (including phenoxy) is 2. The Bertz CT molecular complexity index is 1850. The lowest BCUT2D eigenvalue weighted by atomic mass is 9.83. The number of aliphatic hydroxyl groups is 1. The summed E-state index contributed by atoms with van der Waals surface area (Å²) in [6, 6.07) is 19.4. The van der Waals surface area contributed by atoms with E-state index in [9.17, 15) is 19.2 Å². The first-order chi connectivity index (χ1) is 29.6. The van der Waals surface area contributed by atoms with E-state index in [0.717, 1.165) is 105 Å². The van der Waals surface area contributed by atoms with Crippen LogP contribution in [0.4, 0.5) is 11.5 Å². The Morgan fingerprint density at radius 3 is 2.00 bits per heavy atom. The number of unbranched alkanes of at least 4 members (excludes halogenated alkanes) is 8. The van der Waals surface area contributed by atoms with E-state index >= 15 is 0 Å². The molecule has 14 nitrogen and oxygen atoms in total. The number of amides is 2. The maximum Gasteiger partial charge on any atom is 0.303 e. The maximum absolute atomic E-state index is 13.4. The summed E-state index contributed by atoms with van der Waals surface area (Å²) in [5.41, 5.74) is 4.49. The van der Waals surface area contributed by atoms with Crippen molar-refractivity contribution in [3.8, 4) is 0 Å². The molecular weight excluding hydrogens is 777 g/mol. The molecule has 0 spiro atoms. The van der Waals surface area contributed by atoms with Crippen LogP contribution in [0.3, 0.4) is 0 Å². The smallest absolute Gasteiger partial charge is 0.303 e. The predicted octanol–water partition coefficient (Wildman–Crippen LogP) is 8.49. The molecule has 0 aliphatic rings. The number of aryl methyl sites for hydroxylation is 2. The van der Waals surface area contributed by atoms with Gasteiger partial charge in [0.15, 0.2) is 0 Å². The van der Waals surface area contributed by atoms with E-state index < -0.39 is 18.0 Å². The number of carbonyl (C=O) groups excluding carboxylic acids is 4. The van der Waals surface area contributed by atoms with Crippen molar-refractivity contribution in [3.63, 3.8) is 0 Å². The lowest BCUT2D eigenvalue weighted by Gasteiger charge is -2.30. The van der Waals surface area contributed by atoms with Gasteiger partial charge >= 0.3 is 11.9 Å². The van der Waals surface area contributed by atoms with Crippen LogP contribution in [-0.2, 0) is 35.1 Å².